The fraction of sp³-hybridized carbons (Fsp3) is 0.800. The molecule has 0 aliphatic heterocycles. The minimum absolute atomic E-state index is 0.0824. The Balaban J connectivity index is 4.27. The van der Waals surface area contributed by atoms with Crippen molar-refractivity contribution in [1.29, 1.82) is 0 Å². The van der Waals surface area contributed by atoms with E-state index in [0.717, 1.165) is 70.6 Å². The molecule has 0 rings (SSSR count). The van der Waals surface area contributed by atoms with E-state index in [9.17, 15) is 14.3 Å². The number of phosphoric acid groups is 1. The molecule has 0 heterocycles. The molecule has 0 saturated heterocycles. The topological polar surface area (TPSA) is 91.3 Å². The first-order chi connectivity index (χ1) is 26.1. The van der Waals surface area contributed by atoms with Crippen LogP contribution in [0, 0.1) is 0 Å². The van der Waals surface area contributed by atoms with Gasteiger partial charge in [-0.1, -0.05) is 146 Å². The Labute approximate surface area is 333 Å². The predicted molar refractivity (Wildman–Crippen MR) is 229 cm³/mol. The SMILES string of the molecule is CC/C=C\C/C=C\C/C=C\CCCCCCCC(=O)OC(COCCCCCCCC/C=C\CCCCCCCCC)COP(=O)(O)OCC[N+](C)(C)C. The van der Waals surface area contributed by atoms with Gasteiger partial charge < -0.3 is 18.9 Å². The minimum atomic E-state index is -4.28. The number of rotatable bonds is 40. The molecule has 316 valence electrons. The molecule has 0 aromatic rings. The molecule has 0 amide bonds. The highest BCUT2D eigenvalue weighted by molar-refractivity contribution is 7.47. The second-order valence-electron chi connectivity index (χ2n) is 15.7. The van der Waals surface area contributed by atoms with Gasteiger partial charge in [-0.2, -0.15) is 0 Å². The van der Waals surface area contributed by atoms with Crippen molar-refractivity contribution in [1.82, 2.24) is 0 Å². The molecule has 0 spiro atoms. The van der Waals surface area contributed by atoms with Crippen LogP contribution in [0.2, 0.25) is 0 Å². The Hall–Kier alpha value is -1.54. The zero-order valence-corrected chi connectivity index (χ0v) is 36.6. The number of hydrogen-bond donors (Lipinski definition) is 1. The number of carbonyl (C=O) groups is 1. The number of quaternary nitrogens is 1. The molecule has 2 atom stereocenters. The maximum atomic E-state index is 12.7. The maximum Gasteiger partial charge on any atom is 0.472 e. The molecule has 0 saturated carbocycles. The average Bonchev–Trinajstić information content (AvgIpc) is 3.12. The molecule has 1 N–H and O–H groups in total. The normalized spacial score (nSPS) is 14.3. The summed E-state index contributed by atoms with van der Waals surface area (Å²) in [6.07, 6.45) is 45.7. The predicted octanol–water partition coefficient (Wildman–Crippen LogP) is 12.8. The molecule has 0 bridgehead atoms. The van der Waals surface area contributed by atoms with Crippen LogP contribution in [0.4, 0.5) is 0 Å². The Morgan fingerprint density at radius 1 is 0.593 bits per heavy atom. The van der Waals surface area contributed by atoms with Gasteiger partial charge in [0.25, 0.3) is 0 Å². The number of ether oxygens (including phenoxy) is 2. The molecule has 0 aromatic heterocycles. The number of nitrogens with zero attached hydrogens (tertiary/aromatic N) is 1. The first kappa shape index (κ1) is 52.5. The third-order valence-corrected chi connectivity index (χ3v) is 10.1. The molecule has 54 heavy (non-hydrogen) atoms. The van der Waals surface area contributed by atoms with Gasteiger partial charge in [-0.25, -0.2) is 4.57 Å². The number of likely N-dealkylation sites (N-methyl/N-ethyl adjacent to an activating group) is 1. The standard InChI is InChI=1S/C45H84NO7P/c1-6-8-10-12-14-16-18-20-22-23-25-27-29-31-33-35-37-40-50-42-44(43-52-54(48,49)51-41-39-46(3,4)5)53-45(47)38-36-34-32-30-28-26-24-21-19-17-15-13-11-9-7-2/h9,11,15,17,21-24,44H,6-8,10,12-14,16,18-20,25-43H2,1-5H3/p+1/b11-9-,17-15-,23-22-,24-21-. The van der Waals surface area contributed by atoms with Gasteiger partial charge in [0.2, 0.25) is 0 Å². The first-order valence-corrected chi connectivity index (χ1v) is 23.4. The second-order valence-corrected chi connectivity index (χ2v) is 17.1. The summed E-state index contributed by atoms with van der Waals surface area (Å²) in [4.78, 5) is 22.9. The smallest absolute Gasteiger partial charge is 0.457 e. The van der Waals surface area contributed by atoms with Gasteiger partial charge >= 0.3 is 13.8 Å². The van der Waals surface area contributed by atoms with Crippen molar-refractivity contribution in [3.63, 3.8) is 0 Å². The highest BCUT2D eigenvalue weighted by Gasteiger charge is 2.26. The van der Waals surface area contributed by atoms with Crippen molar-refractivity contribution < 1.29 is 37.3 Å². The van der Waals surface area contributed by atoms with Crippen molar-refractivity contribution in [3.8, 4) is 0 Å². The lowest BCUT2D eigenvalue weighted by molar-refractivity contribution is -0.870. The molecule has 0 radical (unpaired) electrons. The third-order valence-electron chi connectivity index (χ3n) is 9.12. The van der Waals surface area contributed by atoms with E-state index in [-0.39, 0.29) is 25.8 Å². The van der Waals surface area contributed by atoms with Crippen LogP contribution in [-0.4, -0.2) is 75.6 Å². The zero-order valence-electron chi connectivity index (χ0n) is 35.7. The van der Waals surface area contributed by atoms with E-state index < -0.39 is 13.9 Å². The fourth-order valence-corrected chi connectivity index (χ4v) is 6.48. The molecular weight excluding hydrogens is 697 g/mol. The average molecular weight is 783 g/mol. The largest absolute Gasteiger partial charge is 0.472 e. The Kier molecular flexibility index (Phi) is 37.2. The highest BCUT2D eigenvalue weighted by atomic mass is 31.2. The van der Waals surface area contributed by atoms with Gasteiger partial charge in [0.05, 0.1) is 34.4 Å². The van der Waals surface area contributed by atoms with Crippen LogP contribution in [0.1, 0.15) is 174 Å². The number of carbonyl (C=O) groups excluding carboxylic acids is 1. The van der Waals surface area contributed by atoms with Crippen LogP contribution >= 0.6 is 7.82 Å². The summed E-state index contributed by atoms with van der Waals surface area (Å²) in [5.41, 5.74) is 0. The van der Waals surface area contributed by atoms with E-state index in [2.05, 4.69) is 62.5 Å². The summed E-state index contributed by atoms with van der Waals surface area (Å²) < 4.78 is 35.0. The highest BCUT2D eigenvalue weighted by Crippen LogP contribution is 2.43. The van der Waals surface area contributed by atoms with Crippen molar-refractivity contribution in [2.24, 2.45) is 0 Å². The number of phosphoric ester groups is 1. The van der Waals surface area contributed by atoms with Gasteiger partial charge in [-0.15, -0.1) is 0 Å². The molecule has 8 nitrogen and oxygen atoms in total. The zero-order chi connectivity index (χ0) is 39.9. The number of esters is 1. The minimum Gasteiger partial charge on any atom is -0.457 e. The van der Waals surface area contributed by atoms with Gasteiger partial charge in [0, 0.05) is 13.0 Å². The van der Waals surface area contributed by atoms with Crippen LogP contribution in [0.3, 0.4) is 0 Å². The lowest BCUT2D eigenvalue weighted by atomic mass is 10.1. The van der Waals surface area contributed by atoms with Crippen LogP contribution in [-0.2, 0) is 27.9 Å². The molecule has 0 fully saturated rings. The number of hydrogen-bond acceptors (Lipinski definition) is 6. The summed E-state index contributed by atoms with van der Waals surface area (Å²) in [5, 5.41) is 0. The van der Waals surface area contributed by atoms with Crippen molar-refractivity contribution in [2.75, 3.05) is 54.1 Å². The molecular formula is C45H85NO7P+. The summed E-state index contributed by atoms with van der Waals surface area (Å²) in [6, 6.07) is 0. The third kappa shape index (κ3) is 41.6. The lowest BCUT2D eigenvalue weighted by Gasteiger charge is -2.24. The Morgan fingerprint density at radius 2 is 1.07 bits per heavy atom. The number of unbranched alkanes of at least 4 members (excludes halogenated alkanes) is 18. The summed E-state index contributed by atoms with van der Waals surface area (Å²) in [6.45, 7) is 5.47. The van der Waals surface area contributed by atoms with E-state index in [1.165, 1.54) is 83.5 Å². The fourth-order valence-electron chi connectivity index (χ4n) is 5.74. The van der Waals surface area contributed by atoms with Crippen molar-refractivity contribution in [2.45, 2.75) is 180 Å². The van der Waals surface area contributed by atoms with Gasteiger partial charge in [-0.05, 0) is 70.6 Å². The van der Waals surface area contributed by atoms with Crippen molar-refractivity contribution in [3.05, 3.63) is 48.6 Å². The quantitative estimate of drug-likeness (QED) is 0.0218. The van der Waals surface area contributed by atoms with Crippen LogP contribution < -0.4 is 0 Å². The molecule has 2 unspecified atom stereocenters. The molecule has 9 heteroatoms. The van der Waals surface area contributed by atoms with Crippen LogP contribution in [0.15, 0.2) is 48.6 Å². The van der Waals surface area contributed by atoms with Crippen LogP contribution in [0.5, 0.6) is 0 Å². The maximum absolute atomic E-state index is 12.7. The molecule has 0 aromatic carbocycles. The van der Waals surface area contributed by atoms with E-state index in [1.54, 1.807) is 0 Å². The van der Waals surface area contributed by atoms with Crippen LogP contribution in [0.25, 0.3) is 0 Å². The van der Waals surface area contributed by atoms with E-state index in [4.69, 9.17) is 18.5 Å². The molecule has 0 aliphatic rings. The number of allylic oxidation sites excluding steroid dienone is 8. The molecule has 0 aliphatic carbocycles. The van der Waals surface area contributed by atoms with E-state index in [1.807, 2.05) is 21.1 Å². The monoisotopic (exact) mass is 783 g/mol. The van der Waals surface area contributed by atoms with Gasteiger partial charge in [0.15, 0.2) is 0 Å². The Bertz CT molecular complexity index is 1000. The lowest BCUT2D eigenvalue weighted by Crippen LogP contribution is -2.37. The van der Waals surface area contributed by atoms with Gasteiger partial charge in [-0.3, -0.25) is 13.8 Å². The van der Waals surface area contributed by atoms with Crippen molar-refractivity contribution >= 4 is 13.8 Å². The summed E-state index contributed by atoms with van der Waals surface area (Å²) in [5.74, 6) is -0.334. The summed E-state index contributed by atoms with van der Waals surface area (Å²) >= 11 is 0. The van der Waals surface area contributed by atoms with Gasteiger partial charge in [0.1, 0.15) is 19.3 Å². The second kappa shape index (κ2) is 38.3. The van der Waals surface area contributed by atoms with E-state index >= 15 is 0 Å². The first-order valence-electron chi connectivity index (χ1n) is 21.9. The Morgan fingerprint density at radius 3 is 1.63 bits per heavy atom. The van der Waals surface area contributed by atoms with E-state index in [0.29, 0.717) is 24.1 Å². The summed E-state index contributed by atoms with van der Waals surface area (Å²) in [7, 11) is 1.65.